The highest BCUT2D eigenvalue weighted by Gasteiger charge is 2.19. The predicted molar refractivity (Wildman–Crippen MR) is 52.1 cm³/mol. The van der Waals surface area contributed by atoms with Gasteiger partial charge >= 0.3 is 0 Å². The van der Waals surface area contributed by atoms with Crippen molar-refractivity contribution in [1.82, 2.24) is 9.80 Å². The van der Waals surface area contributed by atoms with Crippen molar-refractivity contribution in [1.29, 1.82) is 0 Å². The maximum atomic E-state index is 11.4. The zero-order valence-electron chi connectivity index (χ0n) is 8.34. The van der Waals surface area contributed by atoms with Gasteiger partial charge in [-0.2, -0.15) is 0 Å². The van der Waals surface area contributed by atoms with Gasteiger partial charge in [-0.3, -0.25) is 9.69 Å². The van der Waals surface area contributed by atoms with Gasteiger partial charge in [0.05, 0.1) is 13.1 Å². The standard InChI is InChI=1S/C10H16N2O/c1-3-4-5-6-12-8-7-11(2)9-10(12)13/h3,6-9H2,1-2H3. The van der Waals surface area contributed by atoms with Crippen LogP contribution in [0.25, 0.3) is 0 Å². The molecule has 0 radical (unpaired) electrons. The molecule has 0 spiro atoms. The van der Waals surface area contributed by atoms with Crippen LogP contribution in [0.4, 0.5) is 0 Å². The molecule has 1 amide bonds. The van der Waals surface area contributed by atoms with Crippen LogP contribution in [0.15, 0.2) is 0 Å². The van der Waals surface area contributed by atoms with Crippen molar-refractivity contribution in [3.63, 3.8) is 0 Å². The molecule has 0 aromatic rings. The van der Waals surface area contributed by atoms with E-state index in [4.69, 9.17) is 0 Å². The Balaban J connectivity index is 2.38. The number of carbonyl (C=O) groups excluding carboxylic acids is 1. The topological polar surface area (TPSA) is 23.6 Å². The molecule has 1 fully saturated rings. The maximum absolute atomic E-state index is 11.4. The average Bonchev–Trinajstić information content (AvgIpc) is 2.09. The van der Waals surface area contributed by atoms with E-state index in [2.05, 4.69) is 11.8 Å². The third kappa shape index (κ3) is 3.08. The Morgan fingerprint density at radius 2 is 2.15 bits per heavy atom. The van der Waals surface area contributed by atoms with E-state index < -0.39 is 0 Å². The van der Waals surface area contributed by atoms with Crippen LogP contribution in [0.5, 0.6) is 0 Å². The van der Waals surface area contributed by atoms with Crippen LogP contribution in [-0.4, -0.2) is 48.9 Å². The normalized spacial score (nSPS) is 18.3. The summed E-state index contributed by atoms with van der Waals surface area (Å²) in [4.78, 5) is 15.3. The third-order valence-electron chi connectivity index (χ3n) is 2.08. The Kier molecular flexibility index (Phi) is 3.78. The predicted octanol–water partition coefficient (Wildman–Crippen LogP) is 0.174. The van der Waals surface area contributed by atoms with Gasteiger partial charge in [0.15, 0.2) is 0 Å². The van der Waals surface area contributed by atoms with Crippen molar-refractivity contribution in [3.05, 3.63) is 0 Å². The van der Waals surface area contributed by atoms with E-state index in [9.17, 15) is 4.79 Å². The van der Waals surface area contributed by atoms with Gasteiger partial charge in [0.1, 0.15) is 0 Å². The van der Waals surface area contributed by atoms with Crippen LogP contribution in [0.2, 0.25) is 0 Å². The fraction of sp³-hybridized carbons (Fsp3) is 0.700. The summed E-state index contributed by atoms with van der Waals surface area (Å²) in [6, 6.07) is 0. The minimum absolute atomic E-state index is 0.194. The molecule has 1 saturated heterocycles. The number of hydrogen-bond donors (Lipinski definition) is 0. The summed E-state index contributed by atoms with van der Waals surface area (Å²) in [6.45, 7) is 4.92. The number of likely N-dealkylation sites (N-methyl/N-ethyl adjacent to an activating group) is 1. The number of rotatable bonds is 1. The summed E-state index contributed by atoms with van der Waals surface area (Å²) in [5.41, 5.74) is 0. The molecule has 1 aliphatic heterocycles. The van der Waals surface area contributed by atoms with E-state index in [1.165, 1.54) is 0 Å². The number of hydrogen-bond acceptors (Lipinski definition) is 2. The second-order valence-corrected chi connectivity index (χ2v) is 3.26. The van der Waals surface area contributed by atoms with Crippen molar-refractivity contribution in [3.8, 4) is 11.8 Å². The van der Waals surface area contributed by atoms with Gasteiger partial charge in [0, 0.05) is 19.5 Å². The molecular formula is C10H16N2O. The molecule has 0 aliphatic carbocycles. The zero-order chi connectivity index (χ0) is 9.68. The lowest BCUT2D eigenvalue weighted by molar-refractivity contribution is -0.134. The first-order chi connectivity index (χ1) is 6.24. The monoisotopic (exact) mass is 180 g/mol. The summed E-state index contributed by atoms with van der Waals surface area (Å²) in [5, 5.41) is 0. The van der Waals surface area contributed by atoms with E-state index in [-0.39, 0.29) is 5.91 Å². The molecule has 13 heavy (non-hydrogen) atoms. The lowest BCUT2D eigenvalue weighted by atomic mass is 10.3. The first-order valence-electron chi connectivity index (χ1n) is 4.66. The second-order valence-electron chi connectivity index (χ2n) is 3.26. The van der Waals surface area contributed by atoms with Crippen LogP contribution in [0, 0.1) is 11.8 Å². The molecule has 0 unspecified atom stereocenters. The average molecular weight is 180 g/mol. The largest absolute Gasteiger partial charge is 0.329 e. The SMILES string of the molecule is CCC#CCN1CCN(C)CC1=O. The Morgan fingerprint density at radius 1 is 1.38 bits per heavy atom. The van der Waals surface area contributed by atoms with E-state index in [1.807, 2.05) is 23.8 Å². The first-order valence-corrected chi connectivity index (χ1v) is 4.66. The number of amides is 1. The van der Waals surface area contributed by atoms with Gasteiger partial charge in [-0.05, 0) is 7.05 Å². The molecule has 0 N–H and O–H groups in total. The lowest BCUT2D eigenvalue weighted by Gasteiger charge is -2.30. The number of piperazine rings is 1. The molecule has 0 atom stereocenters. The van der Waals surface area contributed by atoms with Crippen molar-refractivity contribution in [2.45, 2.75) is 13.3 Å². The molecule has 1 rings (SSSR count). The van der Waals surface area contributed by atoms with Gasteiger partial charge in [-0.15, -0.1) is 5.92 Å². The highest BCUT2D eigenvalue weighted by Crippen LogP contribution is 1.99. The summed E-state index contributed by atoms with van der Waals surface area (Å²) in [7, 11) is 1.97. The summed E-state index contributed by atoms with van der Waals surface area (Å²) >= 11 is 0. The molecule has 1 aliphatic rings. The van der Waals surface area contributed by atoms with Crippen molar-refractivity contribution < 1.29 is 4.79 Å². The van der Waals surface area contributed by atoms with E-state index in [0.29, 0.717) is 13.1 Å². The maximum Gasteiger partial charge on any atom is 0.237 e. The van der Waals surface area contributed by atoms with Gasteiger partial charge < -0.3 is 4.90 Å². The molecule has 72 valence electrons. The minimum atomic E-state index is 0.194. The molecule has 0 aromatic carbocycles. The second kappa shape index (κ2) is 4.88. The molecule has 3 heteroatoms. The van der Waals surface area contributed by atoms with Crippen LogP contribution in [-0.2, 0) is 4.79 Å². The van der Waals surface area contributed by atoms with Crippen LogP contribution >= 0.6 is 0 Å². The highest BCUT2D eigenvalue weighted by molar-refractivity contribution is 5.79. The molecule has 1 heterocycles. The summed E-state index contributed by atoms with van der Waals surface area (Å²) in [5.74, 6) is 6.15. The lowest BCUT2D eigenvalue weighted by Crippen LogP contribution is -2.48. The van der Waals surface area contributed by atoms with Gasteiger partial charge in [0.2, 0.25) is 5.91 Å². The Bertz CT molecular complexity index is 239. The van der Waals surface area contributed by atoms with Crippen LogP contribution < -0.4 is 0 Å². The fourth-order valence-electron chi connectivity index (χ4n) is 1.27. The quantitative estimate of drug-likeness (QED) is 0.537. The minimum Gasteiger partial charge on any atom is -0.329 e. The molecule has 0 bridgehead atoms. The fourth-order valence-corrected chi connectivity index (χ4v) is 1.27. The van der Waals surface area contributed by atoms with Crippen LogP contribution in [0.1, 0.15) is 13.3 Å². The number of nitrogens with zero attached hydrogens (tertiary/aromatic N) is 2. The molecular weight excluding hydrogens is 164 g/mol. The van der Waals surface area contributed by atoms with E-state index >= 15 is 0 Å². The summed E-state index contributed by atoms with van der Waals surface area (Å²) in [6.07, 6.45) is 0.863. The smallest absolute Gasteiger partial charge is 0.237 e. The highest BCUT2D eigenvalue weighted by atomic mass is 16.2. The Morgan fingerprint density at radius 3 is 2.77 bits per heavy atom. The number of carbonyl (C=O) groups is 1. The van der Waals surface area contributed by atoms with E-state index in [0.717, 1.165) is 19.5 Å². The van der Waals surface area contributed by atoms with Gasteiger partial charge in [0.25, 0.3) is 0 Å². The third-order valence-corrected chi connectivity index (χ3v) is 2.08. The van der Waals surface area contributed by atoms with E-state index in [1.54, 1.807) is 0 Å². The summed E-state index contributed by atoms with van der Waals surface area (Å²) < 4.78 is 0. The Hall–Kier alpha value is -1.01. The zero-order valence-corrected chi connectivity index (χ0v) is 8.34. The molecule has 0 saturated carbocycles. The Labute approximate surface area is 79.7 Å². The van der Waals surface area contributed by atoms with Gasteiger partial charge in [-0.1, -0.05) is 12.8 Å². The van der Waals surface area contributed by atoms with Crippen LogP contribution in [0.3, 0.4) is 0 Å². The van der Waals surface area contributed by atoms with Crippen molar-refractivity contribution in [2.75, 3.05) is 33.2 Å². The van der Waals surface area contributed by atoms with Crippen molar-refractivity contribution in [2.24, 2.45) is 0 Å². The molecule has 3 nitrogen and oxygen atoms in total. The van der Waals surface area contributed by atoms with Crippen molar-refractivity contribution >= 4 is 5.91 Å². The molecule has 0 aromatic heterocycles. The van der Waals surface area contributed by atoms with Gasteiger partial charge in [-0.25, -0.2) is 0 Å². The first kappa shape index (κ1) is 10.1.